The van der Waals surface area contributed by atoms with Crippen molar-refractivity contribution < 1.29 is 14.3 Å². The van der Waals surface area contributed by atoms with E-state index in [2.05, 4.69) is 10.2 Å². The fourth-order valence-electron chi connectivity index (χ4n) is 1.78. The highest BCUT2D eigenvalue weighted by atomic mass is 16.5. The number of nitrogens with zero attached hydrogens (tertiary/aromatic N) is 3. The molecule has 1 aromatic rings. The summed E-state index contributed by atoms with van der Waals surface area (Å²) in [6.07, 6.45) is 0. The van der Waals surface area contributed by atoms with Gasteiger partial charge in [-0.3, -0.25) is 14.7 Å². The van der Waals surface area contributed by atoms with Crippen LogP contribution in [0.5, 0.6) is 0 Å². The van der Waals surface area contributed by atoms with Crippen LogP contribution in [0.3, 0.4) is 0 Å². The van der Waals surface area contributed by atoms with Crippen LogP contribution in [0.2, 0.25) is 0 Å². The van der Waals surface area contributed by atoms with Gasteiger partial charge in [0, 0.05) is 33.4 Å². The molecular weight excluding hydrogens is 260 g/mol. The van der Waals surface area contributed by atoms with Crippen molar-refractivity contribution in [1.29, 1.82) is 0 Å². The van der Waals surface area contributed by atoms with E-state index in [0.29, 0.717) is 30.1 Å². The van der Waals surface area contributed by atoms with Crippen LogP contribution in [-0.4, -0.2) is 72.7 Å². The summed E-state index contributed by atoms with van der Waals surface area (Å²) in [5.41, 5.74) is 1.85. The second-order valence-corrected chi connectivity index (χ2v) is 4.82. The van der Waals surface area contributed by atoms with Crippen molar-refractivity contribution >= 4 is 11.8 Å². The first-order valence-corrected chi connectivity index (χ1v) is 6.38. The third-order valence-corrected chi connectivity index (χ3v) is 3.02. The third-order valence-electron chi connectivity index (χ3n) is 3.02. The van der Waals surface area contributed by atoms with Crippen molar-refractivity contribution in [3.8, 4) is 0 Å². The van der Waals surface area contributed by atoms with Gasteiger partial charge in [-0.2, -0.15) is 5.10 Å². The number of carbonyl (C=O) groups is 2. The number of amides is 2. The molecule has 1 N–H and O–H groups in total. The summed E-state index contributed by atoms with van der Waals surface area (Å²) in [7, 11) is 4.89. The molecule has 0 fully saturated rings. The lowest BCUT2D eigenvalue weighted by atomic mass is 10.1. The van der Waals surface area contributed by atoms with Gasteiger partial charge < -0.3 is 14.5 Å². The van der Waals surface area contributed by atoms with Gasteiger partial charge in [0.15, 0.2) is 0 Å². The first-order valence-electron chi connectivity index (χ1n) is 6.38. The molecule has 1 rings (SSSR count). The van der Waals surface area contributed by atoms with Gasteiger partial charge in [0.1, 0.15) is 6.54 Å². The Morgan fingerprint density at radius 3 is 2.40 bits per heavy atom. The topological polar surface area (TPSA) is 78.5 Å². The van der Waals surface area contributed by atoms with Crippen molar-refractivity contribution in [3.63, 3.8) is 0 Å². The Hall–Kier alpha value is -1.89. The minimum absolute atomic E-state index is 0.0270. The number of hydrogen-bond acceptors (Lipinski definition) is 4. The number of methoxy groups -OCH3 is 1. The number of aryl methyl sites for hydroxylation is 2. The molecule has 2 amide bonds. The van der Waals surface area contributed by atoms with Crippen molar-refractivity contribution in [2.24, 2.45) is 0 Å². The first-order chi connectivity index (χ1) is 9.38. The van der Waals surface area contributed by atoms with Crippen LogP contribution >= 0.6 is 0 Å². The monoisotopic (exact) mass is 282 g/mol. The summed E-state index contributed by atoms with van der Waals surface area (Å²) in [4.78, 5) is 27.3. The quantitative estimate of drug-likeness (QED) is 0.808. The zero-order valence-electron chi connectivity index (χ0n) is 12.7. The molecule has 0 aliphatic heterocycles. The second-order valence-electron chi connectivity index (χ2n) is 4.82. The summed E-state index contributed by atoms with van der Waals surface area (Å²) in [5, 5.41) is 6.80. The highest BCUT2D eigenvalue weighted by molar-refractivity contribution is 5.98. The number of aromatic amines is 1. The third kappa shape index (κ3) is 3.80. The van der Waals surface area contributed by atoms with Gasteiger partial charge in [0.05, 0.1) is 17.9 Å². The van der Waals surface area contributed by atoms with Crippen LogP contribution in [0, 0.1) is 13.8 Å². The lowest BCUT2D eigenvalue weighted by Crippen LogP contribution is -2.42. The van der Waals surface area contributed by atoms with Gasteiger partial charge in [-0.15, -0.1) is 0 Å². The van der Waals surface area contributed by atoms with E-state index in [1.165, 1.54) is 9.80 Å². The van der Waals surface area contributed by atoms with Crippen LogP contribution in [-0.2, 0) is 9.53 Å². The number of ether oxygens (including phenoxy) is 1. The van der Waals surface area contributed by atoms with Crippen LogP contribution in [0.25, 0.3) is 0 Å². The Kier molecular flexibility index (Phi) is 5.69. The van der Waals surface area contributed by atoms with E-state index in [-0.39, 0.29) is 18.4 Å². The van der Waals surface area contributed by atoms with Crippen LogP contribution in [0.1, 0.15) is 21.7 Å². The van der Waals surface area contributed by atoms with Gasteiger partial charge in [0.2, 0.25) is 5.91 Å². The van der Waals surface area contributed by atoms with Gasteiger partial charge >= 0.3 is 0 Å². The fourth-order valence-corrected chi connectivity index (χ4v) is 1.78. The molecule has 20 heavy (non-hydrogen) atoms. The molecule has 0 atom stereocenters. The molecule has 112 valence electrons. The second kappa shape index (κ2) is 7.04. The summed E-state index contributed by atoms with van der Waals surface area (Å²) in [5.74, 6) is -0.339. The van der Waals surface area contributed by atoms with E-state index < -0.39 is 0 Å². The standard InChI is InChI=1S/C13H22N4O3/c1-9-12(10(2)15-14-9)13(19)17(6-7-20-5)8-11(18)16(3)4/h6-8H2,1-5H3,(H,14,15). The molecule has 0 aliphatic carbocycles. The Bertz CT molecular complexity index is 462. The summed E-state index contributed by atoms with van der Waals surface area (Å²) >= 11 is 0. The summed E-state index contributed by atoms with van der Waals surface area (Å²) in [6, 6.07) is 0. The highest BCUT2D eigenvalue weighted by Gasteiger charge is 2.24. The van der Waals surface area contributed by atoms with Crippen molar-refractivity contribution in [2.75, 3.05) is 40.9 Å². The number of likely N-dealkylation sites (N-methyl/N-ethyl adjacent to an activating group) is 1. The van der Waals surface area contributed by atoms with E-state index in [1.807, 2.05) is 0 Å². The molecular formula is C13H22N4O3. The summed E-state index contributed by atoms with van der Waals surface area (Å²) in [6.45, 7) is 4.31. The number of H-pyrrole nitrogens is 1. The fraction of sp³-hybridized carbons (Fsp3) is 0.615. The van der Waals surface area contributed by atoms with Crippen molar-refractivity contribution in [2.45, 2.75) is 13.8 Å². The lowest BCUT2D eigenvalue weighted by molar-refractivity contribution is -0.129. The predicted octanol–water partition coefficient (Wildman–Crippen LogP) is 0.203. The summed E-state index contributed by atoms with van der Waals surface area (Å²) < 4.78 is 5.00. The lowest BCUT2D eigenvalue weighted by Gasteiger charge is -2.23. The Morgan fingerprint density at radius 1 is 1.30 bits per heavy atom. The Balaban J connectivity index is 2.92. The van der Waals surface area contributed by atoms with Crippen LogP contribution in [0.15, 0.2) is 0 Å². The molecule has 0 aromatic carbocycles. The number of hydrogen-bond donors (Lipinski definition) is 1. The maximum absolute atomic E-state index is 12.6. The number of rotatable bonds is 6. The molecule has 0 unspecified atom stereocenters. The molecule has 0 radical (unpaired) electrons. The molecule has 0 saturated carbocycles. The molecule has 7 nitrogen and oxygen atoms in total. The minimum Gasteiger partial charge on any atom is -0.383 e. The number of aromatic nitrogens is 2. The Morgan fingerprint density at radius 2 is 1.95 bits per heavy atom. The van der Waals surface area contributed by atoms with E-state index in [1.54, 1.807) is 35.1 Å². The van der Waals surface area contributed by atoms with Crippen LogP contribution in [0.4, 0.5) is 0 Å². The zero-order valence-corrected chi connectivity index (χ0v) is 12.7. The first kappa shape index (κ1) is 16.2. The molecule has 1 heterocycles. The van der Waals surface area contributed by atoms with Gasteiger partial charge in [-0.1, -0.05) is 0 Å². The average molecular weight is 282 g/mol. The molecule has 7 heteroatoms. The van der Waals surface area contributed by atoms with Gasteiger partial charge in [0.25, 0.3) is 5.91 Å². The van der Waals surface area contributed by atoms with Crippen molar-refractivity contribution in [3.05, 3.63) is 17.0 Å². The molecule has 1 aromatic heterocycles. The highest BCUT2D eigenvalue weighted by Crippen LogP contribution is 2.12. The molecule has 0 bridgehead atoms. The molecule has 0 aliphatic rings. The van der Waals surface area contributed by atoms with E-state index in [0.717, 1.165) is 0 Å². The van der Waals surface area contributed by atoms with E-state index in [9.17, 15) is 9.59 Å². The predicted molar refractivity (Wildman–Crippen MR) is 74.5 cm³/mol. The smallest absolute Gasteiger partial charge is 0.258 e. The van der Waals surface area contributed by atoms with Crippen molar-refractivity contribution in [1.82, 2.24) is 20.0 Å². The number of nitrogens with one attached hydrogen (secondary N) is 1. The van der Waals surface area contributed by atoms with Gasteiger partial charge in [-0.25, -0.2) is 0 Å². The van der Waals surface area contributed by atoms with E-state index in [4.69, 9.17) is 4.74 Å². The largest absolute Gasteiger partial charge is 0.383 e. The van der Waals surface area contributed by atoms with E-state index >= 15 is 0 Å². The minimum atomic E-state index is -0.207. The van der Waals surface area contributed by atoms with Crippen LogP contribution < -0.4 is 0 Å². The normalized spacial score (nSPS) is 10.4. The van der Waals surface area contributed by atoms with Gasteiger partial charge in [-0.05, 0) is 13.8 Å². The molecule has 0 saturated heterocycles. The Labute approximate surface area is 118 Å². The maximum Gasteiger partial charge on any atom is 0.258 e. The molecule has 0 spiro atoms. The maximum atomic E-state index is 12.6. The average Bonchev–Trinajstić information content (AvgIpc) is 2.72. The number of carbonyl (C=O) groups excluding carboxylic acids is 2. The zero-order chi connectivity index (χ0) is 15.3. The SMILES string of the molecule is COCCN(CC(=O)N(C)C)C(=O)c1c(C)n[nH]c1C.